The molecule has 0 atom stereocenters. The third-order valence-electron chi connectivity index (χ3n) is 3.12. The van der Waals surface area contributed by atoms with Crippen molar-refractivity contribution in [2.45, 2.75) is 19.8 Å². The number of anilines is 1. The molecule has 0 radical (unpaired) electrons. The van der Waals surface area contributed by atoms with Crippen LogP contribution in [-0.4, -0.2) is 22.4 Å². The lowest BCUT2D eigenvalue weighted by Crippen LogP contribution is -2.17. The lowest BCUT2D eigenvalue weighted by Gasteiger charge is -2.17. The molecule has 1 aliphatic rings. The lowest BCUT2D eigenvalue weighted by molar-refractivity contribution is 0.949. The van der Waals surface area contributed by atoms with Gasteiger partial charge >= 0.3 is 0 Å². The summed E-state index contributed by atoms with van der Waals surface area (Å²) in [5.74, 6) is 0.848. The lowest BCUT2D eigenvalue weighted by atomic mass is 10.2. The molecule has 0 aliphatic carbocycles. The summed E-state index contributed by atoms with van der Waals surface area (Å²) >= 11 is 1.46. The van der Waals surface area contributed by atoms with Gasteiger partial charge in [0.05, 0.1) is 0 Å². The number of nitrogens with zero attached hydrogens (tertiary/aromatic N) is 3. The Kier molecular flexibility index (Phi) is 2.81. The van der Waals surface area contributed by atoms with Crippen molar-refractivity contribution in [2.24, 2.45) is 0 Å². The predicted octanol–water partition coefficient (Wildman–Crippen LogP) is 3.11. The first kappa shape index (κ1) is 10.7. The highest BCUT2D eigenvalue weighted by molar-refractivity contribution is 7.05. The molecule has 3 nitrogen and oxygen atoms in total. The summed E-state index contributed by atoms with van der Waals surface area (Å²) in [5, 5.41) is 1.02. The smallest absolute Gasteiger partial charge is 0.173 e. The van der Waals surface area contributed by atoms with Gasteiger partial charge in [-0.25, -0.2) is 4.98 Å². The van der Waals surface area contributed by atoms with Crippen LogP contribution < -0.4 is 4.90 Å². The summed E-state index contributed by atoms with van der Waals surface area (Å²) < 4.78 is 4.33. The van der Waals surface area contributed by atoms with Gasteiger partial charge in [0.15, 0.2) is 5.82 Å². The van der Waals surface area contributed by atoms with Crippen molar-refractivity contribution in [3.63, 3.8) is 0 Å². The first-order chi connectivity index (χ1) is 8.33. The zero-order chi connectivity index (χ0) is 11.7. The van der Waals surface area contributed by atoms with Crippen molar-refractivity contribution in [1.82, 2.24) is 9.36 Å². The molecule has 2 aromatic rings. The maximum atomic E-state index is 4.40. The van der Waals surface area contributed by atoms with Crippen LogP contribution in [0.1, 0.15) is 17.8 Å². The Morgan fingerprint density at radius 2 is 1.82 bits per heavy atom. The monoisotopic (exact) mass is 245 g/mol. The first-order valence-electron chi connectivity index (χ1n) is 5.98. The number of aryl methyl sites for hydroxylation is 1. The van der Waals surface area contributed by atoms with Crippen LogP contribution in [0.4, 0.5) is 5.69 Å². The molecule has 0 bridgehead atoms. The molecule has 0 saturated carbocycles. The minimum atomic E-state index is 0.848. The van der Waals surface area contributed by atoms with Crippen LogP contribution in [0, 0.1) is 6.92 Å². The van der Waals surface area contributed by atoms with Crippen LogP contribution in [0.2, 0.25) is 0 Å². The van der Waals surface area contributed by atoms with E-state index in [-0.39, 0.29) is 0 Å². The van der Waals surface area contributed by atoms with Crippen molar-refractivity contribution >= 4 is 17.2 Å². The van der Waals surface area contributed by atoms with Crippen LogP contribution in [0.3, 0.4) is 0 Å². The molecule has 2 heterocycles. The molecule has 0 unspecified atom stereocenters. The van der Waals surface area contributed by atoms with Gasteiger partial charge in [-0.2, -0.15) is 4.37 Å². The van der Waals surface area contributed by atoms with E-state index in [0.717, 1.165) is 16.4 Å². The fraction of sp³-hybridized carbons (Fsp3) is 0.385. The second-order valence-corrected chi connectivity index (χ2v) is 5.33. The van der Waals surface area contributed by atoms with Crippen molar-refractivity contribution in [3.05, 3.63) is 29.3 Å². The highest BCUT2D eigenvalue weighted by atomic mass is 32.1. The van der Waals surface area contributed by atoms with E-state index in [1.165, 1.54) is 43.2 Å². The predicted molar refractivity (Wildman–Crippen MR) is 71.5 cm³/mol. The molecule has 0 amide bonds. The maximum absolute atomic E-state index is 4.40. The number of aromatic nitrogens is 2. The van der Waals surface area contributed by atoms with Crippen molar-refractivity contribution in [2.75, 3.05) is 18.0 Å². The van der Waals surface area contributed by atoms with Crippen molar-refractivity contribution in [1.29, 1.82) is 0 Å². The Morgan fingerprint density at radius 3 is 2.41 bits per heavy atom. The van der Waals surface area contributed by atoms with Crippen LogP contribution in [0.5, 0.6) is 0 Å². The van der Waals surface area contributed by atoms with Gasteiger partial charge < -0.3 is 4.90 Å². The van der Waals surface area contributed by atoms with Crippen LogP contribution >= 0.6 is 11.5 Å². The Hall–Kier alpha value is -1.42. The number of benzene rings is 1. The van der Waals surface area contributed by atoms with Crippen LogP contribution in [-0.2, 0) is 0 Å². The maximum Gasteiger partial charge on any atom is 0.173 e. The molecule has 1 saturated heterocycles. The third-order valence-corrected chi connectivity index (χ3v) is 3.74. The molecule has 0 spiro atoms. The quantitative estimate of drug-likeness (QED) is 0.814. The van der Waals surface area contributed by atoms with E-state index in [1.807, 2.05) is 6.92 Å². The van der Waals surface area contributed by atoms with Crippen LogP contribution in [0.15, 0.2) is 24.3 Å². The van der Waals surface area contributed by atoms with E-state index in [1.54, 1.807) is 0 Å². The second kappa shape index (κ2) is 4.45. The first-order valence-corrected chi connectivity index (χ1v) is 6.76. The van der Waals surface area contributed by atoms with E-state index in [0.29, 0.717) is 0 Å². The van der Waals surface area contributed by atoms with Crippen molar-refractivity contribution in [3.8, 4) is 11.4 Å². The van der Waals surface area contributed by atoms with Gasteiger partial charge in [-0.1, -0.05) is 0 Å². The van der Waals surface area contributed by atoms with Gasteiger partial charge in [0.2, 0.25) is 0 Å². The van der Waals surface area contributed by atoms with Crippen molar-refractivity contribution < 1.29 is 0 Å². The summed E-state index contributed by atoms with van der Waals surface area (Å²) in [5.41, 5.74) is 2.43. The topological polar surface area (TPSA) is 29.0 Å². The Bertz CT molecular complexity index is 498. The SMILES string of the molecule is Cc1nc(-c2ccc(N3CCCC3)cc2)ns1. The summed E-state index contributed by atoms with van der Waals surface area (Å²) in [6, 6.07) is 8.60. The molecule has 1 fully saturated rings. The Balaban J connectivity index is 1.84. The molecule has 0 N–H and O–H groups in total. The van der Waals surface area contributed by atoms with E-state index in [4.69, 9.17) is 0 Å². The van der Waals surface area contributed by atoms with Crippen LogP contribution in [0.25, 0.3) is 11.4 Å². The third kappa shape index (κ3) is 2.17. The standard InChI is InChI=1S/C13H15N3S/c1-10-14-13(15-17-10)11-4-6-12(7-5-11)16-8-2-3-9-16/h4-7H,2-3,8-9H2,1H3. The molecule has 1 aromatic heterocycles. The average Bonchev–Trinajstić information content (AvgIpc) is 3.00. The van der Waals surface area contributed by atoms with E-state index >= 15 is 0 Å². The molecular weight excluding hydrogens is 230 g/mol. The summed E-state index contributed by atoms with van der Waals surface area (Å²) in [7, 11) is 0. The molecule has 1 aliphatic heterocycles. The molecule has 3 rings (SSSR count). The summed E-state index contributed by atoms with van der Waals surface area (Å²) in [4.78, 5) is 6.84. The fourth-order valence-electron chi connectivity index (χ4n) is 2.21. The minimum Gasteiger partial charge on any atom is -0.372 e. The zero-order valence-electron chi connectivity index (χ0n) is 9.89. The number of hydrogen-bond donors (Lipinski definition) is 0. The van der Waals surface area contributed by atoms with E-state index in [9.17, 15) is 0 Å². The van der Waals surface area contributed by atoms with Gasteiger partial charge in [0.25, 0.3) is 0 Å². The number of rotatable bonds is 2. The van der Waals surface area contributed by atoms with Gasteiger partial charge in [0.1, 0.15) is 5.01 Å². The fourth-order valence-corrected chi connectivity index (χ4v) is 2.71. The average molecular weight is 245 g/mol. The molecule has 88 valence electrons. The largest absolute Gasteiger partial charge is 0.372 e. The van der Waals surface area contributed by atoms with Gasteiger partial charge in [-0.3, -0.25) is 0 Å². The van der Waals surface area contributed by atoms with Gasteiger partial charge in [-0.15, -0.1) is 0 Å². The highest BCUT2D eigenvalue weighted by Crippen LogP contribution is 2.24. The molecule has 17 heavy (non-hydrogen) atoms. The minimum absolute atomic E-state index is 0.848. The van der Waals surface area contributed by atoms with E-state index < -0.39 is 0 Å². The summed E-state index contributed by atoms with van der Waals surface area (Å²) in [6.07, 6.45) is 2.63. The molecular formula is C13H15N3S. The normalized spacial score (nSPS) is 15.5. The number of hydrogen-bond acceptors (Lipinski definition) is 4. The zero-order valence-corrected chi connectivity index (χ0v) is 10.7. The Labute approximate surface area is 105 Å². The van der Waals surface area contributed by atoms with Gasteiger partial charge in [0, 0.05) is 24.3 Å². The summed E-state index contributed by atoms with van der Waals surface area (Å²) in [6.45, 7) is 4.36. The molecule has 1 aromatic carbocycles. The highest BCUT2D eigenvalue weighted by Gasteiger charge is 2.12. The second-order valence-electron chi connectivity index (χ2n) is 4.38. The Morgan fingerprint density at radius 1 is 1.12 bits per heavy atom. The van der Waals surface area contributed by atoms with E-state index in [2.05, 4.69) is 38.5 Å². The van der Waals surface area contributed by atoms with Gasteiger partial charge in [-0.05, 0) is 55.6 Å². The molecule has 4 heteroatoms.